The van der Waals surface area contributed by atoms with Gasteiger partial charge < -0.3 is 4.98 Å². The molecule has 1 N–H and O–H groups in total. The summed E-state index contributed by atoms with van der Waals surface area (Å²) in [6, 6.07) is 2.72. The molecule has 0 saturated heterocycles. The summed E-state index contributed by atoms with van der Waals surface area (Å²) < 4.78 is 13.7. The maximum atomic E-state index is 13.7. The summed E-state index contributed by atoms with van der Waals surface area (Å²) in [5, 5.41) is 0.491. The molecule has 4 heteroatoms. The highest BCUT2D eigenvalue weighted by atomic mass is 35.5. The van der Waals surface area contributed by atoms with Crippen molar-refractivity contribution in [1.29, 1.82) is 0 Å². The first-order valence-electron chi connectivity index (χ1n) is 5.70. The Morgan fingerprint density at radius 1 is 1.24 bits per heavy atom. The fourth-order valence-electron chi connectivity index (χ4n) is 2.49. The predicted molar refractivity (Wildman–Crippen MR) is 66.2 cm³/mol. The molecule has 0 saturated carbocycles. The summed E-state index contributed by atoms with van der Waals surface area (Å²) >= 11 is 6.01. The van der Waals surface area contributed by atoms with E-state index in [2.05, 4.69) is 4.98 Å². The van der Waals surface area contributed by atoms with E-state index in [1.807, 2.05) is 0 Å². The van der Waals surface area contributed by atoms with Crippen LogP contribution in [0.15, 0.2) is 16.9 Å². The van der Waals surface area contributed by atoms with Crippen LogP contribution in [-0.2, 0) is 12.8 Å². The number of aryl methyl sites for hydroxylation is 1. The van der Waals surface area contributed by atoms with Crippen LogP contribution >= 0.6 is 11.6 Å². The molecule has 17 heavy (non-hydrogen) atoms. The van der Waals surface area contributed by atoms with Crippen molar-refractivity contribution in [2.75, 3.05) is 0 Å². The second-order valence-corrected chi connectivity index (χ2v) is 4.80. The lowest BCUT2D eigenvalue weighted by Crippen LogP contribution is -2.19. The summed E-state index contributed by atoms with van der Waals surface area (Å²) in [5.41, 5.74) is 1.87. The van der Waals surface area contributed by atoms with Gasteiger partial charge in [-0.3, -0.25) is 4.79 Å². The molecule has 1 aromatic heterocycles. The lowest BCUT2D eigenvalue weighted by molar-refractivity contribution is 0.635. The van der Waals surface area contributed by atoms with Crippen LogP contribution in [0.2, 0.25) is 5.02 Å². The normalized spacial score (nSPS) is 14.9. The lowest BCUT2D eigenvalue weighted by Gasteiger charge is -2.16. The Balaban J connectivity index is 2.48. The Kier molecular flexibility index (Phi) is 2.44. The second-order valence-electron chi connectivity index (χ2n) is 4.40. The van der Waals surface area contributed by atoms with Crippen LogP contribution in [0.25, 0.3) is 10.9 Å². The van der Waals surface area contributed by atoms with Crippen LogP contribution in [0.4, 0.5) is 4.39 Å². The third-order valence-electron chi connectivity index (χ3n) is 3.35. The number of pyridine rings is 1. The molecule has 1 aliphatic carbocycles. The molecule has 0 atom stereocenters. The molecule has 88 valence electrons. The average Bonchev–Trinajstić information content (AvgIpc) is 2.34. The number of rotatable bonds is 0. The predicted octanol–water partition coefficient (Wildman–Crippen LogP) is 3.20. The SMILES string of the molecule is O=c1c2c([nH]c3c(Cl)ccc(F)c13)CCCC2. The van der Waals surface area contributed by atoms with Gasteiger partial charge in [0.1, 0.15) is 5.82 Å². The van der Waals surface area contributed by atoms with Gasteiger partial charge in [-0.1, -0.05) is 11.6 Å². The molecular weight excluding hydrogens is 241 g/mol. The zero-order valence-electron chi connectivity index (χ0n) is 9.15. The minimum absolute atomic E-state index is 0.0955. The van der Waals surface area contributed by atoms with E-state index in [0.29, 0.717) is 10.5 Å². The van der Waals surface area contributed by atoms with Crippen molar-refractivity contribution in [3.63, 3.8) is 0 Å². The summed E-state index contributed by atoms with van der Waals surface area (Å²) in [5.74, 6) is -0.501. The molecule has 0 aliphatic heterocycles. The van der Waals surface area contributed by atoms with E-state index < -0.39 is 5.82 Å². The third kappa shape index (κ3) is 1.57. The van der Waals surface area contributed by atoms with Gasteiger partial charge in [0.15, 0.2) is 5.43 Å². The number of hydrogen-bond acceptors (Lipinski definition) is 1. The number of hydrogen-bond donors (Lipinski definition) is 1. The van der Waals surface area contributed by atoms with E-state index in [1.165, 1.54) is 12.1 Å². The van der Waals surface area contributed by atoms with Crippen LogP contribution in [-0.4, -0.2) is 4.98 Å². The topological polar surface area (TPSA) is 32.9 Å². The molecule has 2 aromatic rings. The molecule has 0 bridgehead atoms. The molecule has 1 aromatic carbocycles. The van der Waals surface area contributed by atoms with Gasteiger partial charge in [0.2, 0.25) is 0 Å². The van der Waals surface area contributed by atoms with Crippen LogP contribution in [0.1, 0.15) is 24.1 Å². The van der Waals surface area contributed by atoms with E-state index in [9.17, 15) is 9.18 Å². The highest BCUT2D eigenvalue weighted by Gasteiger charge is 2.18. The smallest absolute Gasteiger partial charge is 0.195 e. The molecule has 0 spiro atoms. The van der Waals surface area contributed by atoms with E-state index >= 15 is 0 Å². The highest BCUT2D eigenvalue weighted by molar-refractivity contribution is 6.35. The second kappa shape index (κ2) is 3.84. The maximum Gasteiger partial charge on any atom is 0.195 e. The summed E-state index contributed by atoms with van der Waals surface area (Å²) in [7, 11) is 0. The van der Waals surface area contributed by atoms with Crippen molar-refractivity contribution in [3.8, 4) is 0 Å². The molecular formula is C13H11ClFNO. The zero-order chi connectivity index (χ0) is 12.0. The van der Waals surface area contributed by atoms with Gasteiger partial charge in [0, 0.05) is 11.3 Å². The first-order chi connectivity index (χ1) is 8.18. The monoisotopic (exact) mass is 251 g/mol. The molecule has 1 aliphatic rings. The molecule has 2 nitrogen and oxygen atoms in total. The Labute approximate surface area is 102 Å². The number of fused-ring (bicyclic) bond motifs is 2. The Morgan fingerprint density at radius 2 is 2.00 bits per heavy atom. The fourth-order valence-corrected chi connectivity index (χ4v) is 2.70. The Bertz CT molecular complexity index is 662. The number of benzene rings is 1. The summed E-state index contributed by atoms with van der Waals surface area (Å²) in [4.78, 5) is 15.4. The minimum Gasteiger partial charge on any atom is -0.357 e. The number of halogens is 2. The van der Waals surface area contributed by atoms with Crippen LogP contribution < -0.4 is 5.43 Å². The Hall–Kier alpha value is -1.35. The fraction of sp³-hybridized carbons (Fsp3) is 0.308. The van der Waals surface area contributed by atoms with Crippen molar-refractivity contribution in [1.82, 2.24) is 4.98 Å². The van der Waals surface area contributed by atoms with E-state index in [-0.39, 0.29) is 10.8 Å². The standard InChI is InChI=1S/C13H11ClFNO/c14-8-5-6-9(15)11-12(8)16-10-4-2-1-3-7(10)13(11)17/h5-6H,1-4H2,(H,16,17). The van der Waals surface area contributed by atoms with Crippen molar-refractivity contribution in [2.24, 2.45) is 0 Å². The van der Waals surface area contributed by atoms with Gasteiger partial charge in [-0.15, -0.1) is 0 Å². The minimum atomic E-state index is -0.501. The van der Waals surface area contributed by atoms with Gasteiger partial charge in [0.05, 0.1) is 15.9 Å². The van der Waals surface area contributed by atoms with Crippen LogP contribution in [0.3, 0.4) is 0 Å². The Morgan fingerprint density at radius 3 is 2.82 bits per heavy atom. The van der Waals surface area contributed by atoms with Gasteiger partial charge >= 0.3 is 0 Å². The van der Waals surface area contributed by atoms with Crippen LogP contribution in [0.5, 0.6) is 0 Å². The van der Waals surface area contributed by atoms with Crippen molar-refractivity contribution >= 4 is 22.5 Å². The molecule has 0 amide bonds. The van der Waals surface area contributed by atoms with Crippen molar-refractivity contribution in [2.45, 2.75) is 25.7 Å². The largest absolute Gasteiger partial charge is 0.357 e. The lowest BCUT2D eigenvalue weighted by atomic mass is 9.94. The van der Waals surface area contributed by atoms with Gasteiger partial charge in [0.25, 0.3) is 0 Å². The summed E-state index contributed by atoms with van der Waals surface area (Å²) in [6.45, 7) is 0. The van der Waals surface area contributed by atoms with E-state index in [1.54, 1.807) is 0 Å². The average molecular weight is 252 g/mol. The van der Waals surface area contributed by atoms with Gasteiger partial charge in [-0.2, -0.15) is 0 Å². The van der Waals surface area contributed by atoms with Crippen molar-refractivity contribution < 1.29 is 4.39 Å². The van der Waals surface area contributed by atoms with Gasteiger partial charge in [-0.05, 0) is 37.8 Å². The maximum absolute atomic E-state index is 13.7. The zero-order valence-corrected chi connectivity index (χ0v) is 9.90. The van der Waals surface area contributed by atoms with E-state index in [4.69, 9.17) is 11.6 Å². The van der Waals surface area contributed by atoms with Crippen LogP contribution in [0, 0.1) is 5.82 Å². The third-order valence-corrected chi connectivity index (χ3v) is 3.66. The summed E-state index contributed by atoms with van der Waals surface area (Å²) in [6.07, 6.45) is 3.62. The van der Waals surface area contributed by atoms with Gasteiger partial charge in [-0.25, -0.2) is 4.39 Å². The van der Waals surface area contributed by atoms with Crippen molar-refractivity contribution in [3.05, 3.63) is 44.5 Å². The van der Waals surface area contributed by atoms with E-state index in [0.717, 1.165) is 36.9 Å². The molecule has 1 heterocycles. The number of aromatic amines is 1. The first kappa shape index (κ1) is 10.8. The molecule has 0 unspecified atom stereocenters. The number of H-pyrrole nitrogens is 1. The quantitative estimate of drug-likeness (QED) is 0.766. The molecule has 0 radical (unpaired) electrons. The molecule has 0 fully saturated rings. The number of nitrogens with one attached hydrogen (secondary N) is 1. The first-order valence-corrected chi connectivity index (χ1v) is 6.08. The molecule has 3 rings (SSSR count). The number of aromatic nitrogens is 1. The highest BCUT2D eigenvalue weighted by Crippen LogP contribution is 2.25.